The summed E-state index contributed by atoms with van der Waals surface area (Å²) in [6.45, 7) is -0.207. The summed E-state index contributed by atoms with van der Waals surface area (Å²) >= 11 is 0. The molecule has 29 heavy (non-hydrogen) atoms. The Hall–Kier alpha value is -3.41. The van der Waals surface area contributed by atoms with Crippen molar-refractivity contribution < 1.29 is 23.0 Å². The molecule has 3 rings (SSSR count). The first kappa shape index (κ1) is 20.3. The molecule has 0 heterocycles. The molecule has 0 bridgehead atoms. The number of methoxy groups -OCH3 is 1. The molecule has 0 saturated heterocycles. The van der Waals surface area contributed by atoms with Gasteiger partial charge in [-0.15, -0.1) is 0 Å². The van der Waals surface area contributed by atoms with Gasteiger partial charge < -0.3 is 14.8 Å². The smallest absolute Gasteiger partial charge is 0.258 e. The molecule has 4 nitrogen and oxygen atoms in total. The van der Waals surface area contributed by atoms with Crippen LogP contribution in [0.3, 0.4) is 0 Å². The zero-order valence-electron chi connectivity index (χ0n) is 15.9. The largest absolute Gasteiger partial charge is 0.497 e. The van der Waals surface area contributed by atoms with Gasteiger partial charge in [0.1, 0.15) is 23.1 Å². The van der Waals surface area contributed by atoms with Gasteiger partial charge in [0, 0.05) is 0 Å². The Morgan fingerprint density at radius 3 is 2.24 bits per heavy atom. The summed E-state index contributed by atoms with van der Waals surface area (Å²) in [5.41, 5.74) is 1.28. The predicted octanol–water partition coefficient (Wildman–Crippen LogP) is 4.45. The molecule has 150 valence electrons. The Labute approximate surface area is 168 Å². The van der Waals surface area contributed by atoms with E-state index >= 15 is 0 Å². The molecule has 1 atom stereocenters. The van der Waals surface area contributed by atoms with Crippen LogP contribution in [0, 0.1) is 11.6 Å². The normalized spacial score (nSPS) is 11.6. The first-order valence-corrected chi connectivity index (χ1v) is 9.09. The fourth-order valence-corrected chi connectivity index (χ4v) is 2.93. The van der Waals surface area contributed by atoms with Gasteiger partial charge in [0.15, 0.2) is 6.61 Å². The van der Waals surface area contributed by atoms with Crippen LogP contribution in [0.2, 0.25) is 0 Å². The molecule has 1 unspecified atom stereocenters. The van der Waals surface area contributed by atoms with E-state index in [0.717, 1.165) is 0 Å². The van der Waals surface area contributed by atoms with Gasteiger partial charge in [-0.3, -0.25) is 4.79 Å². The van der Waals surface area contributed by atoms with E-state index in [4.69, 9.17) is 9.47 Å². The highest BCUT2D eigenvalue weighted by Gasteiger charge is 2.17. The fourth-order valence-electron chi connectivity index (χ4n) is 2.93. The van der Waals surface area contributed by atoms with Crippen LogP contribution >= 0.6 is 0 Å². The highest BCUT2D eigenvalue weighted by Crippen LogP contribution is 2.21. The number of amides is 1. The number of carbonyl (C=O) groups excluding carboxylic acids is 1. The summed E-state index contributed by atoms with van der Waals surface area (Å²) < 4.78 is 37.8. The number of hydrogen-bond donors (Lipinski definition) is 1. The summed E-state index contributed by atoms with van der Waals surface area (Å²) in [6.07, 6.45) is 0.315. The van der Waals surface area contributed by atoms with E-state index < -0.39 is 11.9 Å². The molecule has 0 aliphatic carbocycles. The van der Waals surface area contributed by atoms with Gasteiger partial charge in [0.2, 0.25) is 0 Å². The highest BCUT2D eigenvalue weighted by atomic mass is 19.1. The van der Waals surface area contributed by atoms with Gasteiger partial charge in [-0.1, -0.05) is 24.3 Å². The van der Waals surface area contributed by atoms with Crippen LogP contribution < -0.4 is 14.8 Å². The maximum atomic E-state index is 13.7. The molecule has 0 spiro atoms. The second-order valence-corrected chi connectivity index (χ2v) is 6.47. The van der Waals surface area contributed by atoms with Crippen LogP contribution in [-0.4, -0.2) is 19.6 Å². The van der Waals surface area contributed by atoms with E-state index in [-0.39, 0.29) is 18.3 Å². The van der Waals surface area contributed by atoms with E-state index in [1.165, 1.54) is 24.3 Å². The van der Waals surface area contributed by atoms with Crippen molar-refractivity contribution in [1.82, 2.24) is 5.32 Å². The van der Waals surface area contributed by atoms with Crippen molar-refractivity contribution in [3.63, 3.8) is 0 Å². The Balaban J connectivity index is 1.68. The van der Waals surface area contributed by atoms with Crippen LogP contribution in [-0.2, 0) is 11.2 Å². The number of halogens is 2. The fraction of sp³-hybridized carbons (Fsp3) is 0.174. The minimum absolute atomic E-state index is 0.207. The Kier molecular flexibility index (Phi) is 6.79. The SMILES string of the molecule is COc1ccc(OCC(=O)NC(Cc2cccc(F)c2)c2cccc(F)c2)cc1. The lowest BCUT2D eigenvalue weighted by Gasteiger charge is -2.20. The first-order valence-electron chi connectivity index (χ1n) is 9.09. The third-order valence-corrected chi connectivity index (χ3v) is 4.34. The predicted molar refractivity (Wildman–Crippen MR) is 106 cm³/mol. The topological polar surface area (TPSA) is 47.6 Å². The maximum Gasteiger partial charge on any atom is 0.258 e. The van der Waals surface area contributed by atoms with Crippen molar-refractivity contribution >= 4 is 5.91 Å². The minimum atomic E-state index is -0.528. The molecule has 0 saturated carbocycles. The van der Waals surface area contributed by atoms with E-state index in [1.54, 1.807) is 55.6 Å². The minimum Gasteiger partial charge on any atom is -0.497 e. The summed E-state index contributed by atoms with van der Waals surface area (Å²) in [7, 11) is 1.56. The monoisotopic (exact) mass is 397 g/mol. The lowest BCUT2D eigenvalue weighted by Crippen LogP contribution is -2.33. The summed E-state index contributed by atoms with van der Waals surface area (Å²) in [6, 6.07) is 18.4. The van der Waals surface area contributed by atoms with E-state index in [2.05, 4.69) is 5.32 Å². The molecule has 1 amide bonds. The van der Waals surface area contributed by atoms with Gasteiger partial charge in [-0.05, 0) is 66.1 Å². The quantitative estimate of drug-likeness (QED) is 0.611. The molecule has 0 aliphatic heterocycles. The Morgan fingerprint density at radius 2 is 1.59 bits per heavy atom. The number of hydrogen-bond acceptors (Lipinski definition) is 3. The molecule has 6 heteroatoms. The molecule has 1 N–H and O–H groups in total. The Bertz CT molecular complexity index is 960. The number of ether oxygens (including phenoxy) is 2. The average molecular weight is 397 g/mol. The van der Waals surface area contributed by atoms with Crippen LogP contribution in [0.5, 0.6) is 11.5 Å². The van der Waals surface area contributed by atoms with Crippen molar-refractivity contribution in [2.75, 3.05) is 13.7 Å². The zero-order valence-corrected chi connectivity index (χ0v) is 15.9. The maximum absolute atomic E-state index is 13.7. The summed E-state index contributed by atoms with van der Waals surface area (Å²) in [4.78, 5) is 12.4. The van der Waals surface area contributed by atoms with Crippen LogP contribution in [0.1, 0.15) is 17.2 Å². The van der Waals surface area contributed by atoms with Gasteiger partial charge in [-0.2, -0.15) is 0 Å². The Morgan fingerprint density at radius 1 is 0.931 bits per heavy atom. The molecule has 0 aliphatic rings. The zero-order chi connectivity index (χ0) is 20.6. The second-order valence-electron chi connectivity index (χ2n) is 6.47. The molecular weight excluding hydrogens is 376 g/mol. The number of carbonyl (C=O) groups is 1. The third-order valence-electron chi connectivity index (χ3n) is 4.34. The highest BCUT2D eigenvalue weighted by molar-refractivity contribution is 5.78. The van der Waals surface area contributed by atoms with Crippen LogP contribution in [0.4, 0.5) is 8.78 Å². The van der Waals surface area contributed by atoms with Crippen molar-refractivity contribution in [3.8, 4) is 11.5 Å². The molecule has 0 fully saturated rings. The molecule has 3 aromatic rings. The second kappa shape index (κ2) is 9.68. The average Bonchev–Trinajstić information content (AvgIpc) is 2.72. The molecule has 0 radical (unpaired) electrons. The first-order chi connectivity index (χ1) is 14.0. The number of benzene rings is 3. The third kappa shape index (κ3) is 6.04. The van der Waals surface area contributed by atoms with Gasteiger partial charge in [0.05, 0.1) is 13.2 Å². The van der Waals surface area contributed by atoms with Crippen molar-refractivity contribution in [3.05, 3.63) is 95.6 Å². The number of nitrogens with one attached hydrogen (secondary N) is 1. The van der Waals surface area contributed by atoms with Gasteiger partial charge >= 0.3 is 0 Å². The molecule has 3 aromatic carbocycles. The summed E-state index contributed by atoms with van der Waals surface area (Å²) in [5.74, 6) is 0.0630. The standard InChI is InChI=1S/C23H21F2NO3/c1-28-20-8-10-21(11-9-20)29-15-23(27)26-22(17-5-3-7-19(25)14-17)13-16-4-2-6-18(24)12-16/h2-12,14,22H,13,15H2,1H3,(H,26,27). The number of rotatable bonds is 8. The van der Waals surface area contributed by atoms with Crippen molar-refractivity contribution in [1.29, 1.82) is 0 Å². The van der Waals surface area contributed by atoms with Crippen molar-refractivity contribution in [2.45, 2.75) is 12.5 Å². The summed E-state index contributed by atoms with van der Waals surface area (Å²) in [5, 5.41) is 2.84. The van der Waals surface area contributed by atoms with Crippen LogP contribution in [0.25, 0.3) is 0 Å². The van der Waals surface area contributed by atoms with E-state index in [1.807, 2.05) is 0 Å². The van der Waals surface area contributed by atoms with Crippen molar-refractivity contribution in [2.24, 2.45) is 0 Å². The lowest BCUT2D eigenvalue weighted by atomic mass is 9.98. The molecule has 0 aromatic heterocycles. The van der Waals surface area contributed by atoms with Gasteiger partial charge in [-0.25, -0.2) is 8.78 Å². The van der Waals surface area contributed by atoms with E-state index in [0.29, 0.717) is 29.0 Å². The molecular formula is C23H21F2NO3. The van der Waals surface area contributed by atoms with Gasteiger partial charge in [0.25, 0.3) is 5.91 Å². The lowest BCUT2D eigenvalue weighted by molar-refractivity contribution is -0.123. The van der Waals surface area contributed by atoms with E-state index in [9.17, 15) is 13.6 Å². The van der Waals surface area contributed by atoms with Crippen LogP contribution in [0.15, 0.2) is 72.8 Å².